The van der Waals surface area contributed by atoms with E-state index in [-0.39, 0.29) is 22.2 Å². The maximum Gasteiger partial charge on any atom is 0.104 e. The van der Waals surface area contributed by atoms with Gasteiger partial charge in [-0.1, -0.05) is 300 Å². The molecule has 2 aliphatic carbocycles. The van der Waals surface area contributed by atoms with E-state index in [0.717, 1.165) is 58.1 Å². The first kappa shape index (κ1) is 63.4. The zero-order valence-electron chi connectivity index (χ0n) is 59.8. The molecule has 0 unspecified atom stereocenters. The summed E-state index contributed by atoms with van der Waals surface area (Å²) in [6, 6.07) is 112. The van der Waals surface area contributed by atoms with E-state index < -0.39 is 10.8 Å². The van der Waals surface area contributed by atoms with Crippen LogP contribution in [0, 0.1) is 11.3 Å². The van der Waals surface area contributed by atoms with Crippen LogP contribution in [0.15, 0.2) is 291 Å². The Morgan fingerprint density at radius 1 is 0.307 bits per heavy atom. The number of benzene rings is 13. The summed E-state index contributed by atoms with van der Waals surface area (Å²) in [5.74, 6) is 0.0244. The lowest BCUT2D eigenvalue weighted by molar-refractivity contribution is 0.402. The van der Waals surface area contributed by atoms with Crippen LogP contribution in [-0.2, 0) is 33.5 Å². The van der Waals surface area contributed by atoms with Crippen molar-refractivity contribution in [3.63, 3.8) is 0 Å². The molecule has 3 heteroatoms. The highest BCUT2D eigenvalue weighted by molar-refractivity contribution is 6.00. The Labute approximate surface area is 597 Å². The van der Waals surface area contributed by atoms with Crippen LogP contribution >= 0.6 is 0 Å². The molecule has 0 fully saturated rings. The van der Waals surface area contributed by atoms with Gasteiger partial charge in [-0.05, 0) is 219 Å². The van der Waals surface area contributed by atoms with Gasteiger partial charge in [0, 0.05) is 22.2 Å². The molecular weight excluding hydrogens is 1220 g/mol. The van der Waals surface area contributed by atoms with Crippen molar-refractivity contribution >= 4 is 34.1 Å². The monoisotopic (exact) mass is 1300 g/mol. The second-order valence-corrected chi connectivity index (χ2v) is 31.7. The van der Waals surface area contributed by atoms with Gasteiger partial charge in [0.15, 0.2) is 0 Å². The standard InChI is InChI=1S/C98H85N3/c1-94(2)62-95(3,4)91-90(94)78(50-49-75-76-47-41-69(63-29-17-11-18-30-63)55-80(76)96(5,6)81-56-70(42-48-77(75)81)64-31-19-12-20-32-64)92(100-86-51-43-71(65-33-21-13-22-34-65)57-82(86)97(7,8)83-58-72(44-52-87(83)100)66-35-23-14-24-36-66)79(61-99)93(91)101-88-53-45-73(67-37-25-15-26-38-67)59-84(88)98(9,10)85-60-74(46-54-89(85)101)68-39-27-16-28-40-68/h11-48,51-60,75H,49-50,62H2,1-10H3. The molecule has 0 bridgehead atoms. The second-order valence-electron chi connectivity index (χ2n) is 31.7. The molecule has 492 valence electrons. The predicted molar refractivity (Wildman–Crippen MR) is 423 cm³/mol. The van der Waals surface area contributed by atoms with Gasteiger partial charge in [0.05, 0.1) is 34.1 Å². The third-order valence-electron chi connectivity index (χ3n) is 23.5. The van der Waals surface area contributed by atoms with E-state index in [1.165, 1.54) is 117 Å². The molecule has 4 aliphatic rings. The molecule has 2 aliphatic heterocycles. The van der Waals surface area contributed by atoms with Gasteiger partial charge in [0.2, 0.25) is 0 Å². The number of nitriles is 1. The number of nitrogens with zero attached hydrogens (tertiary/aromatic N) is 3. The second kappa shape index (κ2) is 23.8. The minimum absolute atomic E-state index is 0.0244. The summed E-state index contributed by atoms with van der Waals surface area (Å²) in [4.78, 5) is 5.17. The van der Waals surface area contributed by atoms with Crippen LogP contribution in [0.4, 0.5) is 34.1 Å². The average Bonchev–Trinajstić information content (AvgIpc) is 1.40. The Balaban J connectivity index is 0.980. The van der Waals surface area contributed by atoms with Crippen molar-refractivity contribution in [2.75, 3.05) is 9.80 Å². The van der Waals surface area contributed by atoms with Crippen LogP contribution in [0.3, 0.4) is 0 Å². The van der Waals surface area contributed by atoms with Crippen molar-refractivity contribution < 1.29 is 0 Å². The highest BCUT2D eigenvalue weighted by atomic mass is 15.2. The summed E-state index contributed by atoms with van der Waals surface area (Å²) in [6.45, 7) is 24.5. The molecule has 0 spiro atoms. The van der Waals surface area contributed by atoms with Crippen LogP contribution < -0.4 is 9.80 Å². The molecule has 13 aromatic rings. The Hall–Kier alpha value is -11.1. The zero-order valence-corrected chi connectivity index (χ0v) is 59.8. The van der Waals surface area contributed by atoms with Gasteiger partial charge in [0.1, 0.15) is 11.6 Å². The SMILES string of the molecule is CC1(C)CC(C)(C)c2c(N3c4ccc(-c5ccccc5)cc4C(C)(C)c4cc(-c5ccccc5)ccc43)c(C#N)c(N3c4ccc(-c5ccccc5)cc4C(C)(C)c4cc(-c5ccccc5)ccc43)c(CCC3c4ccc(-c5ccccc5)cc4C(C)(C)c4cc(-c5ccccc5)ccc43)c21. The summed E-state index contributed by atoms with van der Waals surface area (Å²) in [5, 5.41) is 13.4. The van der Waals surface area contributed by atoms with E-state index in [0.29, 0.717) is 12.0 Å². The number of fused-ring (bicyclic) bond motifs is 7. The van der Waals surface area contributed by atoms with E-state index in [1.807, 2.05) is 0 Å². The zero-order chi connectivity index (χ0) is 69.3. The molecule has 0 aromatic heterocycles. The first-order valence-corrected chi connectivity index (χ1v) is 36.3. The number of rotatable bonds is 11. The summed E-state index contributed by atoms with van der Waals surface area (Å²) in [6.07, 6.45) is 2.39. The lowest BCUT2D eigenvalue weighted by Gasteiger charge is -2.46. The van der Waals surface area contributed by atoms with Crippen LogP contribution in [0.25, 0.3) is 66.8 Å². The van der Waals surface area contributed by atoms with E-state index in [4.69, 9.17) is 0 Å². The Morgan fingerprint density at radius 3 is 0.881 bits per heavy atom. The number of hydrogen-bond acceptors (Lipinski definition) is 3. The molecule has 13 aromatic carbocycles. The first-order valence-electron chi connectivity index (χ1n) is 36.3. The summed E-state index contributed by atoms with van der Waals surface area (Å²) in [5.41, 5.74) is 33.4. The minimum atomic E-state index is -0.479. The first-order chi connectivity index (χ1) is 48.8. The Bertz CT molecular complexity index is 5180. The lowest BCUT2D eigenvalue weighted by atomic mass is 9.63. The third-order valence-corrected chi connectivity index (χ3v) is 23.5. The maximum atomic E-state index is 13.4. The highest BCUT2D eigenvalue weighted by Crippen LogP contribution is 2.65. The van der Waals surface area contributed by atoms with Gasteiger partial charge in [-0.3, -0.25) is 0 Å². The topological polar surface area (TPSA) is 30.3 Å². The van der Waals surface area contributed by atoms with Crippen molar-refractivity contribution in [2.45, 2.75) is 121 Å². The van der Waals surface area contributed by atoms with Gasteiger partial charge < -0.3 is 9.80 Å². The fraction of sp³-hybridized carbons (Fsp3) is 0.194. The summed E-state index contributed by atoms with van der Waals surface area (Å²) in [7, 11) is 0. The third kappa shape index (κ3) is 10.3. The van der Waals surface area contributed by atoms with E-state index >= 15 is 0 Å². The molecular formula is C98H85N3. The normalized spacial score (nSPS) is 16.0. The van der Waals surface area contributed by atoms with E-state index in [1.54, 1.807) is 0 Å². The quantitative estimate of drug-likeness (QED) is 0.129. The molecule has 0 atom stereocenters. The molecule has 0 amide bonds. The lowest BCUT2D eigenvalue weighted by Crippen LogP contribution is -2.34. The van der Waals surface area contributed by atoms with Crippen LogP contribution in [0.2, 0.25) is 0 Å². The fourth-order valence-electron chi connectivity index (χ4n) is 18.8. The van der Waals surface area contributed by atoms with Gasteiger partial charge in [-0.2, -0.15) is 5.26 Å². The van der Waals surface area contributed by atoms with Gasteiger partial charge >= 0.3 is 0 Å². The molecule has 0 N–H and O–H groups in total. The van der Waals surface area contributed by atoms with Crippen molar-refractivity contribution in [2.24, 2.45) is 0 Å². The van der Waals surface area contributed by atoms with Crippen LogP contribution in [0.5, 0.6) is 0 Å². The van der Waals surface area contributed by atoms with Crippen molar-refractivity contribution in [1.82, 2.24) is 0 Å². The molecule has 101 heavy (non-hydrogen) atoms. The number of hydrogen-bond donors (Lipinski definition) is 0. The maximum absolute atomic E-state index is 13.4. The molecule has 0 radical (unpaired) electrons. The molecule has 3 nitrogen and oxygen atoms in total. The van der Waals surface area contributed by atoms with Gasteiger partial charge in [0.25, 0.3) is 0 Å². The van der Waals surface area contributed by atoms with Crippen LogP contribution in [-0.4, -0.2) is 0 Å². The molecule has 0 saturated carbocycles. The average molecular weight is 1300 g/mol. The molecule has 2 heterocycles. The van der Waals surface area contributed by atoms with E-state index in [2.05, 4.69) is 376 Å². The van der Waals surface area contributed by atoms with Gasteiger partial charge in [-0.25, -0.2) is 0 Å². The van der Waals surface area contributed by atoms with E-state index in [9.17, 15) is 5.26 Å². The summed E-state index contributed by atoms with van der Waals surface area (Å²) < 4.78 is 0. The fourth-order valence-corrected chi connectivity index (χ4v) is 18.8. The van der Waals surface area contributed by atoms with Crippen molar-refractivity contribution in [3.05, 3.63) is 358 Å². The Kier molecular flexibility index (Phi) is 15.0. The van der Waals surface area contributed by atoms with Crippen LogP contribution in [0.1, 0.15) is 155 Å². The highest BCUT2D eigenvalue weighted by Gasteiger charge is 2.52. The minimum Gasteiger partial charge on any atom is -0.308 e. The predicted octanol–water partition coefficient (Wildman–Crippen LogP) is 26.1. The summed E-state index contributed by atoms with van der Waals surface area (Å²) >= 11 is 0. The van der Waals surface area contributed by atoms with Crippen molar-refractivity contribution in [3.8, 4) is 72.8 Å². The molecule has 17 rings (SSSR count). The molecule has 0 saturated heterocycles. The Morgan fingerprint density at radius 2 is 0.574 bits per heavy atom. The largest absolute Gasteiger partial charge is 0.308 e. The smallest absolute Gasteiger partial charge is 0.104 e. The number of anilines is 6. The van der Waals surface area contributed by atoms with Crippen molar-refractivity contribution in [1.29, 1.82) is 5.26 Å². The van der Waals surface area contributed by atoms with Gasteiger partial charge in [-0.15, -0.1) is 0 Å².